The van der Waals surface area contributed by atoms with Crippen LogP contribution in [-0.4, -0.2) is 11.4 Å². The molecule has 13 heavy (non-hydrogen) atoms. The molecule has 1 rings (SSSR count). The first-order valence-electron chi connectivity index (χ1n) is 4.63. The van der Waals surface area contributed by atoms with Crippen molar-refractivity contribution in [3.63, 3.8) is 0 Å². The standard InChI is InChI=1S/C11H15NO/c13-12-10-6-2-5-9-11-7-3-1-4-8-11/h1,3-4,7-8,10,13H,2,5-6,9H2. The van der Waals surface area contributed by atoms with E-state index in [4.69, 9.17) is 5.21 Å². The van der Waals surface area contributed by atoms with Gasteiger partial charge in [0.1, 0.15) is 0 Å². The minimum absolute atomic E-state index is 0.864. The fourth-order valence-corrected chi connectivity index (χ4v) is 1.27. The molecule has 1 aromatic rings. The van der Waals surface area contributed by atoms with E-state index in [1.165, 1.54) is 5.56 Å². The van der Waals surface area contributed by atoms with Crippen molar-refractivity contribution in [3.05, 3.63) is 35.9 Å². The molecule has 1 N–H and O–H groups in total. The van der Waals surface area contributed by atoms with Crippen LogP contribution in [-0.2, 0) is 6.42 Å². The van der Waals surface area contributed by atoms with E-state index in [-0.39, 0.29) is 0 Å². The first-order valence-corrected chi connectivity index (χ1v) is 4.63. The van der Waals surface area contributed by atoms with E-state index in [2.05, 4.69) is 29.4 Å². The van der Waals surface area contributed by atoms with Crippen molar-refractivity contribution in [1.29, 1.82) is 0 Å². The van der Waals surface area contributed by atoms with Crippen molar-refractivity contribution >= 4 is 6.21 Å². The van der Waals surface area contributed by atoms with Gasteiger partial charge in [0.15, 0.2) is 0 Å². The zero-order valence-electron chi connectivity index (χ0n) is 7.69. The first kappa shape index (κ1) is 9.78. The molecule has 0 fully saturated rings. The summed E-state index contributed by atoms with van der Waals surface area (Å²) in [6.45, 7) is 0. The fraction of sp³-hybridized carbons (Fsp3) is 0.364. The Bertz CT molecular complexity index is 244. The van der Waals surface area contributed by atoms with Crippen LogP contribution in [0.25, 0.3) is 0 Å². The Kier molecular flexibility index (Phi) is 4.69. The molecule has 70 valence electrons. The van der Waals surface area contributed by atoms with E-state index in [0.717, 1.165) is 25.7 Å². The van der Waals surface area contributed by atoms with Gasteiger partial charge in [0.2, 0.25) is 0 Å². The van der Waals surface area contributed by atoms with Gasteiger partial charge in [0.25, 0.3) is 0 Å². The Labute approximate surface area is 78.9 Å². The maximum Gasteiger partial charge on any atom is 0.0435 e. The summed E-state index contributed by atoms with van der Waals surface area (Å²) in [7, 11) is 0. The molecule has 0 saturated carbocycles. The van der Waals surface area contributed by atoms with Gasteiger partial charge in [-0.2, -0.15) is 0 Å². The zero-order valence-corrected chi connectivity index (χ0v) is 7.69. The van der Waals surface area contributed by atoms with Gasteiger partial charge in [-0.25, -0.2) is 0 Å². The number of aryl methyl sites for hydroxylation is 1. The lowest BCUT2D eigenvalue weighted by Crippen LogP contribution is -1.85. The van der Waals surface area contributed by atoms with Crippen LogP contribution in [0.1, 0.15) is 24.8 Å². The second-order valence-electron chi connectivity index (χ2n) is 3.03. The maximum absolute atomic E-state index is 8.15. The van der Waals surface area contributed by atoms with Crippen molar-refractivity contribution in [1.82, 2.24) is 0 Å². The lowest BCUT2D eigenvalue weighted by molar-refractivity contribution is 0.320. The molecule has 0 amide bonds. The van der Waals surface area contributed by atoms with Crippen molar-refractivity contribution in [2.45, 2.75) is 25.7 Å². The van der Waals surface area contributed by atoms with Crippen molar-refractivity contribution in [2.24, 2.45) is 5.16 Å². The van der Waals surface area contributed by atoms with Crippen LogP contribution in [0.4, 0.5) is 0 Å². The topological polar surface area (TPSA) is 32.6 Å². The van der Waals surface area contributed by atoms with E-state index in [9.17, 15) is 0 Å². The molecule has 1 aromatic carbocycles. The molecule has 0 aliphatic heterocycles. The summed E-state index contributed by atoms with van der Waals surface area (Å²) in [6.07, 6.45) is 5.75. The van der Waals surface area contributed by atoms with Crippen LogP contribution in [0.5, 0.6) is 0 Å². The summed E-state index contributed by atoms with van der Waals surface area (Å²) < 4.78 is 0. The molecular weight excluding hydrogens is 162 g/mol. The van der Waals surface area contributed by atoms with Gasteiger partial charge < -0.3 is 5.21 Å². The zero-order chi connectivity index (χ0) is 9.36. The summed E-state index contributed by atoms with van der Waals surface area (Å²) in [5.74, 6) is 0. The van der Waals surface area contributed by atoms with Gasteiger partial charge in [0.05, 0.1) is 0 Å². The third kappa shape index (κ3) is 4.31. The Morgan fingerprint density at radius 3 is 2.62 bits per heavy atom. The van der Waals surface area contributed by atoms with E-state index >= 15 is 0 Å². The number of oxime groups is 1. The second kappa shape index (κ2) is 6.23. The quantitative estimate of drug-likeness (QED) is 0.319. The van der Waals surface area contributed by atoms with Crippen LogP contribution < -0.4 is 0 Å². The van der Waals surface area contributed by atoms with Gasteiger partial charge >= 0.3 is 0 Å². The van der Waals surface area contributed by atoms with Crippen LogP contribution >= 0.6 is 0 Å². The van der Waals surface area contributed by atoms with E-state index in [0.29, 0.717) is 0 Å². The van der Waals surface area contributed by atoms with Crippen molar-refractivity contribution in [3.8, 4) is 0 Å². The number of hydrogen-bond acceptors (Lipinski definition) is 2. The van der Waals surface area contributed by atoms with Gasteiger partial charge in [-0.1, -0.05) is 30.3 Å². The van der Waals surface area contributed by atoms with Crippen LogP contribution in [0.3, 0.4) is 0 Å². The molecule has 0 atom stereocenters. The van der Waals surface area contributed by atoms with Crippen molar-refractivity contribution in [2.75, 3.05) is 0 Å². The Morgan fingerprint density at radius 1 is 1.15 bits per heavy atom. The molecular formula is C11H15NO. The Balaban J connectivity index is 2.13. The average Bonchev–Trinajstić information content (AvgIpc) is 2.19. The van der Waals surface area contributed by atoms with Crippen LogP contribution in [0, 0.1) is 0 Å². The van der Waals surface area contributed by atoms with Gasteiger partial charge in [0, 0.05) is 6.21 Å². The molecule has 0 unspecified atom stereocenters. The largest absolute Gasteiger partial charge is 0.411 e. The summed E-state index contributed by atoms with van der Waals surface area (Å²) in [5.41, 5.74) is 1.38. The summed E-state index contributed by atoms with van der Waals surface area (Å²) in [5, 5.41) is 11.1. The normalized spacial score (nSPS) is 10.8. The minimum Gasteiger partial charge on any atom is -0.411 e. The molecule has 2 nitrogen and oxygen atoms in total. The second-order valence-corrected chi connectivity index (χ2v) is 3.03. The highest BCUT2D eigenvalue weighted by molar-refractivity contribution is 5.55. The molecule has 0 spiro atoms. The number of hydrogen-bond donors (Lipinski definition) is 1. The smallest absolute Gasteiger partial charge is 0.0435 e. The summed E-state index contributed by atoms with van der Waals surface area (Å²) in [4.78, 5) is 0. The molecule has 0 aliphatic carbocycles. The van der Waals surface area contributed by atoms with Crippen LogP contribution in [0.15, 0.2) is 35.5 Å². The van der Waals surface area contributed by atoms with E-state index in [1.807, 2.05) is 6.07 Å². The predicted octanol–water partition coefficient (Wildman–Crippen LogP) is 2.86. The minimum atomic E-state index is 0.864. The average molecular weight is 177 g/mol. The highest BCUT2D eigenvalue weighted by Crippen LogP contribution is 2.05. The Morgan fingerprint density at radius 2 is 1.92 bits per heavy atom. The number of benzene rings is 1. The summed E-state index contributed by atoms with van der Waals surface area (Å²) >= 11 is 0. The predicted molar refractivity (Wildman–Crippen MR) is 54.3 cm³/mol. The monoisotopic (exact) mass is 177 g/mol. The van der Waals surface area contributed by atoms with Gasteiger partial charge in [-0.3, -0.25) is 0 Å². The molecule has 0 heterocycles. The lowest BCUT2D eigenvalue weighted by Gasteiger charge is -1.98. The summed E-state index contributed by atoms with van der Waals surface area (Å²) in [6, 6.07) is 10.4. The first-order chi connectivity index (χ1) is 6.43. The van der Waals surface area contributed by atoms with Crippen LogP contribution in [0.2, 0.25) is 0 Å². The van der Waals surface area contributed by atoms with E-state index in [1.54, 1.807) is 6.21 Å². The van der Waals surface area contributed by atoms with Crippen molar-refractivity contribution < 1.29 is 5.21 Å². The molecule has 0 saturated heterocycles. The molecule has 0 bridgehead atoms. The van der Waals surface area contributed by atoms with Gasteiger partial charge in [-0.05, 0) is 31.2 Å². The Hall–Kier alpha value is -1.31. The van der Waals surface area contributed by atoms with E-state index < -0.39 is 0 Å². The number of unbranched alkanes of at least 4 members (excludes halogenated alkanes) is 2. The highest BCUT2D eigenvalue weighted by Gasteiger charge is 1.90. The number of nitrogens with zero attached hydrogens (tertiary/aromatic N) is 1. The SMILES string of the molecule is ON=CCCCCc1ccccc1. The molecule has 2 heteroatoms. The molecule has 0 aliphatic rings. The molecule has 0 radical (unpaired) electrons. The third-order valence-electron chi connectivity index (χ3n) is 1.97. The van der Waals surface area contributed by atoms with Gasteiger partial charge in [-0.15, -0.1) is 5.16 Å². The third-order valence-corrected chi connectivity index (χ3v) is 1.97. The number of rotatable bonds is 5. The fourth-order valence-electron chi connectivity index (χ4n) is 1.27. The molecule has 0 aromatic heterocycles. The lowest BCUT2D eigenvalue weighted by atomic mass is 10.1. The highest BCUT2D eigenvalue weighted by atomic mass is 16.4. The maximum atomic E-state index is 8.15.